The predicted molar refractivity (Wildman–Crippen MR) is 61.7 cm³/mol. The smallest absolute Gasteiger partial charge is 0.328 e. The molecule has 0 spiro atoms. The Morgan fingerprint density at radius 1 is 1.24 bits per heavy atom. The number of amides is 1. The molecule has 0 aliphatic carbocycles. The second kappa shape index (κ2) is 7.05. The van der Waals surface area contributed by atoms with Crippen molar-refractivity contribution in [2.45, 2.75) is 0 Å². The molecule has 0 unspecified atom stereocenters. The second-order valence-corrected chi connectivity index (χ2v) is 3.12. The highest BCUT2D eigenvalue weighted by Gasteiger charge is 1.96. The van der Waals surface area contributed by atoms with Crippen LogP contribution in [0.25, 0.3) is 0 Å². The van der Waals surface area contributed by atoms with Gasteiger partial charge < -0.3 is 15.2 Å². The Morgan fingerprint density at radius 2 is 1.94 bits per heavy atom. The molecule has 17 heavy (non-hydrogen) atoms. The molecule has 1 aromatic rings. The van der Waals surface area contributed by atoms with Gasteiger partial charge in [-0.3, -0.25) is 4.79 Å². The van der Waals surface area contributed by atoms with Crippen LogP contribution < -0.4 is 10.1 Å². The van der Waals surface area contributed by atoms with E-state index in [-0.39, 0.29) is 0 Å². The van der Waals surface area contributed by atoms with Crippen molar-refractivity contribution in [1.29, 1.82) is 0 Å². The van der Waals surface area contributed by atoms with E-state index in [1.807, 2.05) is 30.3 Å². The lowest BCUT2D eigenvalue weighted by atomic mass is 10.3. The summed E-state index contributed by atoms with van der Waals surface area (Å²) in [5.74, 6) is -0.882. The quantitative estimate of drug-likeness (QED) is 0.565. The maximum Gasteiger partial charge on any atom is 0.328 e. The normalized spacial score (nSPS) is 10.1. The van der Waals surface area contributed by atoms with Gasteiger partial charge in [-0.1, -0.05) is 18.2 Å². The third kappa shape index (κ3) is 5.99. The molecule has 0 atom stereocenters. The van der Waals surface area contributed by atoms with Crippen LogP contribution in [0.4, 0.5) is 0 Å². The molecule has 0 radical (unpaired) electrons. The van der Waals surface area contributed by atoms with E-state index in [2.05, 4.69) is 5.32 Å². The maximum absolute atomic E-state index is 11.0. The predicted octanol–water partition coefficient (Wildman–Crippen LogP) is 0.822. The fraction of sp³-hybridized carbons (Fsp3) is 0.167. The van der Waals surface area contributed by atoms with Gasteiger partial charge in [-0.05, 0) is 12.1 Å². The Bertz CT molecular complexity index is 400. The molecule has 1 rings (SSSR count). The van der Waals surface area contributed by atoms with Crippen LogP contribution in [0, 0.1) is 0 Å². The van der Waals surface area contributed by atoms with Crippen LogP contribution in [-0.2, 0) is 9.59 Å². The van der Waals surface area contributed by atoms with E-state index >= 15 is 0 Å². The summed E-state index contributed by atoms with van der Waals surface area (Å²) in [6.45, 7) is 0.647. The van der Waals surface area contributed by atoms with Gasteiger partial charge in [0.1, 0.15) is 12.4 Å². The van der Waals surface area contributed by atoms with E-state index in [1.54, 1.807) is 0 Å². The number of carboxylic acids is 1. The van der Waals surface area contributed by atoms with E-state index in [1.165, 1.54) is 0 Å². The van der Waals surface area contributed by atoms with Gasteiger partial charge in [0.05, 0.1) is 6.54 Å². The molecule has 5 nitrogen and oxygen atoms in total. The number of nitrogens with one attached hydrogen (secondary N) is 1. The molecular weight excluding hydrogens is 222 g/mol. The van der Waals surface area contributed by atoms with E-state index in [4.69, 9.17) is 9.84 Å². The molecule has 0 saturated heterocycles. The van der Waals surface area contributed by atoms with Crippen molar-refractivity contribution in [3.8, 4) is 5.75 Å². The van der Waals surface area contributed by atoms with Gasteiger partial charge in [-0.25, -0.2) is 4.79 Å². The minimum Gasteiger partial charge on any atom is -0.492 e. The van der Waals surface area contributed by atoms with Crippen LogP contribution in [0.15, 0.2) is 42.5 Å². The zero-order chi connectivity index (χ0) is 12.5. The van der Waals surface area contributed by atoms with E-state index in [0.717, 1.165) is 17.9 Å². The topological polar surface area (TPSA) is 75.6 Å². The largest absolute Gasteiger partial charge is 0.492 e. The first-order chi connectivity index (χ1) is 8.18. The van der Waals surface area contributed by atoms with Crippen LogP contribution in [0.3, 0.4) is 0 Å². The molecule has 0 heterocycles. The van der Waals surface area contributed by atoms with Crippen LogP contribution in [0.1, 0.15) is 0 Å². The van der Waals surface area contributed by atoms with E-state index < -0.39 is 11.9 Å². The first-order valence-electron chi connectivity index (χ1n) is 5.05. The number of aliphatic carboxylic acids is 1. The maximum atomic E-state index is 11.0. The molecule has 1 aromatic carbocycles. The van der Waals surface area contributed by atoms with Gasteiger partial charge in [-0.15, -0.1) is 0 Å². The van der Waals surface area contributed by atoms with E-state index in [0.29, 0.717) is 13.2 Å². The van der Waals surface area contributed by atoms with Gasteiger partial charge >= 0.3 is 5.97 Å². The molecule has 90 valence electrons. The third-order valence-electron chi connectivity index (χ3n) is 1.79. The summed E-state index contributed by atoms with van der Waals surface area (Å²) in [5, 5.41) is 10.8. The number of hydrogen-bond donors (Lipinski definition) is 2. The molecule has 1 amide bonds. The number of hydrogen-bond acceptors (Lipinski definition) is 3. The van der Waals surface area contributed by atoms with Gasteiger partial charge in [0.2, 0.25) is 5.91 Å². The molecule has 0 aromatic heterocycles. The summed E-state index contributed by atoms with van der Waals surface area (Å²) in [7, 11) is 0. The average molecular weight is 235 g/mol. The van der Waals surface area contributed by atoms with Crippen molar-refractivity contribution >= 4 is 11.9 Å². The summed E-state index contributed by atoms with van der Waals surface area (Å²) in [5.41, 5.74) is 0. The Morgan fingerprint density at radius 3 is 2.59 bits per heavy atom. The molecule has 2 N–H and O–H groups in total. The summed E-state index contributed by atoms with van der Waals surface area (Å²) in [4.78, 5) is 21.2. The lowest BCUT2D eigenvalue weighted by Crippen LogP contribution is -2.26. The van der Waals surface area contributed by atoms with Gasteiger partial charge in [0, 0.05) is 12.2 Å². The number of carbonyl (C=O) groups is 2. The number of carbonyl (C=O) groups excluding carboxylic acids is 1. The molecule has 0 saturated carbocycles. The van der Waals surface area contributed by atoms with Crippen LogP contribution in [0.2, 0.25) is 0 Å². The zero-order valence-corrected chi connectivity index (χ0v) is 9.13. The van der Waals surface area contributed by atoms with E-state index in [9.17, 15) is 9.59 Å². The average Bonchev–Trinajstić information content (AvgIpc) is 2.33. The van der Waals surface area contributed by atoms with Crippen molar-refractivity contribution in [1.82, 2.24) is 5.32 Å². The highest BCUT2D eigenvalue weighted by Crippen LogP contribution is 2.07. The SMILES string of the molecule is O=C(O)/C=C/C(=O)NCCOc1ccccc1. The highest BCUT2D eigenvalue weighted by atomic mass is 16.5. The molecule has 0 aliphatic rings. The zero-order valence-electron chi connectivity index (χ0n) is 9.13. The summed E-state index contributed by atoms with van der Waals surface area (Å²) in [6, 6.07) is 9.21. The van der Waals surface area contributed by atoms with Gasteiger partial charge in [-0.2, -0.15) is 0 Å². The third-order valence-corrected chi connectivity index (χ3v) is 1.79. The summed E-state index contributed by atoms with van der Waals surface area (Å²) in [6.07, 6.45) is 1.75. The number of benzene rings is 1. The van der Waals surface area contributed by atoms with Crippen LogP contribution in [0.5, 0.6) is 5.75 Å². The minimum atomic E-state index is -1.15. The first-order valence-corrected chi connectivity index (χ1v) is 5.05. The van der Waals surface area contributed by atoms with Gasteiger partial charge in [0.15, 0.2) is 0 Å². The lowest BCUT2D eigenvalue weighted by molar-refractivity contribution is -0.131. The fourth-order valence-electron chi connectivity index (χ4n) is 1.07. The number of ether oxygens (including phenoxy) is 1. The van der Waals surface area contributed by atoms with Crippen molar-refractivity contribution in [2.75, 3.05) is 13.2 Å². The molecule has 0 fully saturated rings. The molecule has 0 aliphatic heterocycles. The highest BCUT2D eigenvalue weighted by molar-refractivity contribution is 5.93. The van der Waals surface area contributed by atoms with Crippen molar-refractivity contribution < 1.29 is 19.4 Å². The lowest BCUT2D eigenvalue weighted by Gasteiger charge is -2.05. The standard InChI is InChI=1S/C12H13NO4/c14-11(6-7-12(15)16)13-8-9-17-10-4-2-1-3-5-10/h1-7H,8-9H2,(H,13,14)(H,15,16)/b7-6+. The van der Waals surface area contributed by atoms with Crippen LogP contribution in [-0.4, -0.2) is 30.1 Å². The summed E-state index contributed by atoms with van der Waals surface area (Å²) >= 11 is 0. The Labute approximate surface area is 98.7 Å². The fourth-order valence-corrected chi connectivity index (χ4v) is 1.07. The monoisotopic (exact) mass is 235 g/mol. The number of para-hydroxylation sites is 1. The Balaban J connectivity index is 2.16. The molecular formula is C12H13NO4. The first kappa shape index (κ1) is 12.8. The Kier molecular flexibility index (Phi) is 5.30. The second-order valence-electron chi connectivity index (χ2n) is 3.12. The van der Waals surface area contributed by atoms with Crippen molar-refractivity contribution in [3.05, 3.63) is 42.5 Å². The number of rotatable bonds is 6. The van der Waals surface area contributed by atoms with Gasteiger partial charge in [0.25, 0.3) is 0 Å². The number of carboxylic acid groups (broad SMARTS) is 1. The minimum absolute atomic E-state index is 0.317. The molecule has 5 heteroatoms. The summed E-state index contributed by atoms with van der Waals surface area (Å²) < 4.78 is 5.33. The van der Waals surface area contributed by atoms with Crippen molar-refractivity contribution in [3.63, 3.8) is 0 Å². The molecule has 0 bridgehead atoms. The Hall–Kier alpha value is -2.30. The van der Waals surface area contributed by atoms with Crippen molar-refractivity contribution in [2.24, 2.45) is 0 Å². The van der Waals surface area contributed by atoms with Crippen LogP contribution >= 0.6 is 0 Å².